The average Bonchev–Trinajstić information content (AvgIpc) is 2.90. The minimum absolute atomic E-state index is 0.0137. The Hall–Kier alpha value is -2.43. The zero-order valence-corrected chi connectivity index (χ0v) is 13.2. The Morgan fingerprint density at radius 3 is 3.17 bits per heavy atom. The van der Waals surface area contributed by atoms with E-state index in [0.717, 1.165) is 42.6 Å². The molecule has 1 N–H and O–H groups in total. The van der Waals surface area contributed by atoms with Crippen molar-refractivity contribution in [2.75, 3.05) is 5.32 Å². The topological polar surface area (TPSA) is 58.1 Å². The Morgan fingerprint density at radius 1 is 1.39 bits per heavy atom. The van der Waals surface area contributed by atoms with E-state index in [2.05, 4.69) is 28.3 Å². The second kappa shape index (κ2) is 5.65. The number of aryl methyl sites for hydroxylation is 1. The number of nitrogens with one attached hydrogen (secondary N) is 1. The third kappa shape index (κ3) is 2.46. The number of benzene rings is 1. The Labute approximate surface area is 135 Å². The maximum Gasteiger partial charge on any atom is 0.322 e. The number of aromatic nitrogens is 2. The van der Waals surface area contributed by atoms with Gasteiger partial charge in [-0.2, -0.15) is 0 Å². The largest absolute Gasteiger partial charge is 0.322 e. The summed E-state index contributed by atoms with van der Waals surface area (Å²) in [5.74, 6) is 0. The molecule has 2 aliphatic rings. The number of anilines is 1. The summed E-state index contributed by atoms with van der Waals surface area (Å²) in [5.41, 5.74) is 4.30. The molecule has 3 heterocycles. The molecule has 0 unspecified atom stereocenters. The Balaban J connectivity index is 1.58. The molecule has 0 aliphatic carbocycles. The number of hydrogen-bond donors (Lipinski definition) is 1. The molecule has 2 amide bonds. The minimum Gasteiger partial charge on any atom is -0.314 e. The first kappa shape index (κ1) is 14.2. The van der Waals surface area contributed by atoms with Crippen LogP contribution in [0.25, 0.3) is 0 Å². The summed E-state index contributed by atoms with van der Waals surface area (Å²) in [6, 6.07) is 8.40. The first-order valence-electron chi connectivity index (χ1n) is 8.23. The second-order valence-electron chi connectivity index (χ2n) is 6.27. The van der Waals surface area contributed by atoms with E-state index < -0.39 is 0 Å². The molecule has 0 radical (unpaired) electrons. The highest BCUT2D eigenvalue weighted by atomic mass is 16.2. The highest BCUT2D eigenvalue weighted by molar-refractivity contribution is 5.90. The molecule has 2 atom stereocenters. The van der Waals surface area contributed by atoms with E-state index in [1.165, 1.54) is 5.56 Å². The highest BCUT2D eigenvalue weighted by Crippen LogP contribution is 2.42. The second-order valence-corrected chi connectivity index (χ2v) is 6.27. The lowest BCUT2D eigenvalue weighted by Gasteiger charge is -2.35. The van der Waals surface area contributed by atoms with Crippen LogP contribution in [0.1, 0.15) is 42.6 Å². The zero-order valence-electron chi connectivity index (χ0n) is 13.2. The lowest BCUT2D eigenvalue weighted by Crippen LogP contribution is -2.44. The van der Waals surface area contributed by atoms with E-state index in [9.17, 15) is 4.79 Å². The van der Waals surface area contributed by atoms with Gasteiger partial charge in [-0.1, -0.05) is 19.1 Å². The fourth-order valence-electron chi connectivity index (χ4n) is 3.79. The molecule has 2 aromatic rings. The first-order valence-corrected chi connectivity index (χ1v) is 8.23. The SMILES string of the molecule is CCc1cccc(NC(=O)N2[C@H]3CC[C@@H]2c2cncnc2C3)c1. The van der Waals surface area contributed by atoms with Crippen molar-refractivity contribution < 1.29 is 4.79 Å². The number of hydrogen-bond acceptors (Lipinski definition) is 3. The number of urea groups is 1. The molecule has 2 aliphatic heterocycles. The smallest absolute Gasteiger partial charge is 0.314 e. The van der Waals surface area contributed by atoms with Crippen molar-refractivity contribution in [3.05, 3.63) is 53.6 Å². The Kier molecular flexibility index (Phi) is 3.48. The average molecular weight is 308 g/mol. The van der Waals surface area contributed by atoms with E-state index in [-0.39, 0.29) is 18.1 Å². The van der Waals surface area contributed by atoms with Gasteiger partial charge in [0, 0.05) is 29.9 Å². The number of carbonyl (C=O) groups excluding carboxylic acids is 1. The summed E-state index contributed by atoms with van der Waals surface area (Å²) >= 11 is 0. The summed E-state index contributed by atoms with van der Waals surface area (Å²) in [6.45, 7) is 2.11. The van der Waals surface area contributed by atoms with E-state index in [0.29, 0.717) is 0 Å². The van der Waals surface area contributed by atoms with Crippen molar-refractivity contribution in [3.63, 3.8) is 0 Å². The van der Waals surface area contributed by atoms with Gasteiger partial charge in [-0.15, -0.1) is 0 Å². The molecule has 118 valence electrons. The monoisotopic (exact) mass is 308 g/mol. The number of fused-ring (bicyclic) bond motifs is 4. The van der Waals surface area contributed by atoms with Crippen molar-refractivity contribution >= 4 is 11.7 Å². The molecule has 1 saturated heterocycles. The molecule has 4 rings (SSSR count). The summed E-state index contributed by atoms with van der Waals surface area (Å²) in [7, 11) is 0. The molecule has 1 aromatic carbocycles. The standard InChI is InChI=1S/C18H20N4O/c1-2-12-4-3-5-13(8-12)21-18(23)22-14-6-7-17(22)15-10-19-11-20-16(15)9-14/h3-5,8,10-11,14,17H,2,6-7,9H2,1H3,(H,21,23)/t14-,17+/m0/s1. The maximum atomic E-state index is 12.8. The molecule has 0 spiro atoms. The van der Waals surface area contributed by atoms with Gasteiger partial charge < -0.3 is 10.2 Å². The summed E-state index contributed by atoms with van der Waals surface area (Å²) in [4.78, 5) is 23.3. The molecule has 1 fully saturated rings. The molecule has 5 nitrogen and oxygen atoms in total. The molecule has 2 bridgehead atoms. The third-order valence-corrected chi connectivity index (χ3v) is 4.94. The van der Waals surface area contributed by atoms with Crippen LogP contribution in [-0.4, -0.2) is 26.9 Å². The van der Waals surface area contributed by atoms with Gasteiger partial charge in [-0.25, -0.2) is 14.8 Å². The van der Waals surface area contributed by atoms with Gasteiger partial charge in [0.05, 0.1) is 11.7 Å². The highest BCUT2D eigenvalue weighted by Gasteiger charge is 2.43. The fraction of sp³-hybridized carbons (Fsp3) is 0.389. The van der Waals surface area contributed by atoms with Gasteiger partial charge >= 0.3 is 6.03 Å². The van der Waals surface area contributed by atoms with Crippen molar-refractivity contribution in [1.29, 1.82) is 0 Å². The van der Waals surface area contributed by atoms with E-state index in [1.54, 1.807) is 6.33 Å². The van der Waals surface area contributed by atoms with Crippen LogP contribution in [0.2, 0.25) is 0 Å². The number of carbonyl (C=O) groups is 1. The summed E-state index contributed by atoms with van der Waals surface area (Å²) < 4.78 is 0. The van der Waals surface area contributed by atoms with Crippen LogP contribution in [0.5, 0.6) is 0 Å². The van der Waals surface area contributed by atoms with Crippen molar-refractivity contribution in [3.8, 4) is 0 Å². The van der Waals surface area contributed by atoms with Crippen LogP contribution < -0.4 is 5.32 Å². The first-order chi connectivity index (χ1) is 11.3. The molecule has 1 aromatic heterocycles. The van der Waals surface area contributed by atoms with Crippen molar-refractivity contribution in [1.82, 2.24) is 14.9 Å². The Bertz CT molecular complexity index is 745. The minimum atomic E-state index is -0.0137. The summed E-state index contributed by atoms with van der Waals surface area (Å²) in [6.07, 6.45) is 7.29. The van der Waals surface area contributed by atoms with Crippen LogP contribution in [0.4, 0.5) is 10.5 Å². The van der Waals surface area contributed by atoms with E-state index in [4.69, 9.17) is 0 Å². The van der Waals surface area contributed by atoms with Crippen LogP contribution >= 0.6 is 0 Å². The van der Waals surface area contributed by atoms with Gasteiger partial charge in [0.2, 0.25) is 0 Å². The third-order valence-electron chi connectivity index (χ3n) is 4.94. The molecule has 5 heteroatoms. The molecular formula is C18H20N4O. The predicted octanol–water partition coefficient (Wildman–Crippen LogP) is 3.33. The van der Waals surface area contributed by atoms with Crippen LogP contribution in [0.15, 0.2) is 36.8 Å². The van der Waals surface area contributed by atoms with Crippen molar-refractivity contribution in [2.24, 2.45) is 0 Å². The lowest BCUT2D eigenvalue weighted by molar-refractivity contribution is 0.178. The van der Waals surface area contributed by atoms with Crippen LogP contribution in [-0.2, 0) is 12.8 Å². The zero-order chi connectivity index (χ0) is 15.8. The van der Waals surface area contributed by atoms with Crippen LogP contribution in [0.3, 0.4) is 0 Å². The molecular weight excluding hydrogens is 288 g/mol. The summed E-state index contributed by atoms with van der Waals surface area (Å²) in [5, 5.41) is 3.06. The number of amides is 2. The van der Waals surface area contributed by atoms with Gasteiger partial charge in [-0.3, -0.25) is 0 Å². The molecule has 0 saturated carbocycles. The van der Waals surface area contributed by atoms with E-state index in [1.807, 2.05) is 29.3 Å². The van der Waals surface area contributed by atoms with E-state index >= 15 is 0 Å². The normalized spacial score (nSPS) is 21.9. The van der Waals surface area contributed by atoms with Gasteiger partial charge in [0.25, 0.3) is 0 Å². The van der Waals surface area contributed by atoms with Crippen molar-refractivity contribution in [2.45, 2.75) is 44.7 Å². The van der Waals surface area contributed by atoms with Gasteiger partial charge in [0.15, 0.2) is 0 Å². The number of nitrogens with zero attached hydrogens (tertiary/aromatic N) is 3. The maximum absolute atomic E-state index is 12.8. The predicted molar refractivity (Wildman–Crippen MR) is 88.2 cm³/mol. The fourth-order valence-corrected chi connectivity index (χ4v) is 3.79. The van der Waals surface area contributed by atoms with Gasteiger partial charge in [-0.05, 0) is 37.0 Å². The quantitative estimate of drug-likeness (QED) is 0.925. The number of rotatable bonds is 2. The lowest BCUT2D eigenvalue weighted by atomic mass is 10.00. The van der Waals surface area contributed by atoms with Gasteiger partial charge in [0.1, 0.15) is 6.33 Å². The Morgan fingerprint density at radius 2 is 2.30 bits per heavy atom. The molecule has 23 heavy (non-hydrogen) atoms. The van der Waals surface area contributed by atoms with Crippen LogP contribution in [0, 0.1) is 0 Å².